The minimum absolute atomic E-state index is 0.0129. The molecule has 0 aliphatic carbocycles. The van der Waals surface area contributed by atoms with E-state index in [1.807, 2.05) is 0 Å². The summed E-state index contributed by atoms with van der Waals surface area (Å²) in [6.07, 6.45) is 1.23. The fraction of sp³-hybridized carbons (Fsp3) is 0.652. The van der Waals surface area contributed by atoms with Crippen LogP contribution in [0.25, 0.3) is 0 Å². The number of hydrogen-bond acceptors (Lipinski definition) is 15. The lowest BCUT2D eigenvalue weighted by Gasteiger charge is -2.06. The summed E-state index contributed by atoms with van der Waals surface area (Å²) >= 11 is 0. The molecule has 1 heterocycles. The van der Waals surface area contributed by atoms with E-state index in [0.29, 0.717) is 19.4 Å². The van der Waals surface area contributed by atoms with Gasteiger partial charge in [0.15, 0.2) is 5.96 Å². The Kier molecular flexibility index (Phi) is 36.0. The molecule has 0 unspecified atom stereocenters. The van der Waals surface area contributed by atoms with Gasteiger partial charge < -0.3 is 86.3 Å². The maximum absolute atomic E-state index is 10.2. The topological polar surface area (TPSA) is 488 Å². The van der Waals surface area contributed by atoms with E-state index in [1.54, 1.807) is 0 Å². The van der Waals surface area contributed by atoms with Gasteiger partial charge in [0.25, 0.3) is 0 Å². The number of aliphatic imine (C=N–C) groups is 1. The molecule has 0 radical (unpaired) electrons. The molecule has 0 aromatic rings. The van der Waals surface area contributed by atoms with Crippen LogP contribution in [-0.2, 0) is 33.6 Å². The molecule has 0 amide bonds. The monoisotopic (exact) mass is 691 g/mol. The zero-order valence-electron chi connectivity index (χ0n) is 25.7. The molecule has 24 heteroatoms. The number of aliphatic hydroxyl groups is 1. The van der Waals surface area contributed by atoms with Crippen LogP contribution in [0.2, 0.25) is 0 Å². The molecule has 23 N–H and O–H groups in total. The van der Waals surface area contributed by atoms with E-state index in [2.05, 4.69) is 21.8 Å². The van der Waals surface area contributed by atoms with Gasteiger partial charge in [0, 0.05) is 6.54 Å². The molecule has 0 aromatic heterocycles. The lowest BCUT2D eigenvalue weighted by atomic mass is 10.2. The highest BCUT2D eigenvalue weighted by molar-refractivity contribution is 5.80. The van der Waals surface area contributed by atoms with Gasteiger partial charge in [0.05, 0.1) is 25.6 Å². The second-order valence-corrected chi connectivity index (χ2v) is 8.72. The van der Waals surface area contributed by atoms with Gasteiger partial charge in [-0.3, -0.25) is 38.6 Å². The second-order valence-electron chi connectivity index (χ2n) is 8.72. The van der Waals surface area contributed by atoms with Gasteiger partial charge in [-0.2, -0.15) is 0 Å². The molecular formula is C23H49N9O15. The van der Waals surface area contributed by atoms with Crippen molar-refractivity contribution in [2.45, 2.75) is 69.3 Å². The van der Waals surface area contributed by atoms with Crippen molar-refractivity contribution in [2.75, 3.05) is 26.2 Å². The fourth-order valence-electron chi connectivity index (χ4n) is 2.02. The molecule has 1 aliphatic rings. The van der Waals surface area contributed by atoms with Gasteiger partial charge in [-0.15, -0.1) is 0 Å². The number of aliphatic hydroxyl groups excluding tert-OH is 1. The average molecular weight is 692 g/mol. The quantitative estimate of drug-likeness (QED) is 0.0485. The van der Waals surface area contributed by atoms with Crippen molar-refractivity contribution in [1.82, 2.24) is 5.32 Å². The van der Waals surface area contributed by atoms with Crippen LogP contribution in [0.4, 0.5) is 0 Å². The lowest BCUT2D eigenvalue weighted by Crippen LogP contribution is -2.39. The Morgan fingerprint density at radius 2 is 1.19 bits per heavy atom. The SMILES string of the molecule is C[C@@H](O)[C@H](N)C(=O)O.NC(N)=NCCC[C@H](N)C(=O)O.NCC(=O)O.NCC(=O)O.N[C@@H](CC(=O)O)C(=O)O.O=C(O)[C@@H]1CCCN1. The first-order chi connectivity index (χ1) is 21.5. The number of rotatable bonds is 13. The Labute approximate surface area is 268 Å². The third-order valence-corrected chi connectivity index (χ3v) is 4.51. The second kappa shape index (κ2) is 32.7. The predicted molar refractivity (Wildman–Crippen MR) is 163 cm³/mol. The number of nitrogens with one attached hydrogen (secondary N) is 1. The smallest absolute Gasteiger partial charge is 0.323 e. The van der Waals surface area contributed by atoms with E-state index in [1.165, 1.54) is 6.92 Å². The summed E-state index contributed by atoms with van der Waals surface area (Å²) in [4.78, 5) is 72.0. The first-order valence-electron chi connectivity index (χ1n) is 13.2. The Morgan fingerprint density at radius 1 is 0.766 bits per heavy atom. The van der Waals surface area contributed by atoms with E-state index in [4.69, 9.17) is 69.5 Å². The molecule has 0 saturated carbocycles. The number of hydrogen-bond donors (Lipinski definition) is 16. The minimum Gasteiger partial charge on any atom is -0.481 e. The lowest BCUT2D eigenvalue weighted by molar-refractivity contribution is -0.144. The maximum atomic E-state index is 10.2. The summed E-state index contributed by atoms with van der Waals surface area (Å²) in [5, 5.41) is 67.4. The highest BCUT2D eigenvalue weighted by Crippen LogP contribution is 2.03. The van der Waals surface area contributed by atoms with Crippen LogP contribution >= 0.6 is 0 Å². The number of carboxylic acid groups (broad SMARTS) is 7. The van der Waals surface area contributed by atoms with E-state index in [9.17, 15) is 33.6 Å². The summed E-state index contributed by atoms with van der Waals surface area (Å²) in [6, 6.07) is -3.54. The van der Waals surface area contributed by atoms with Crippen LogP contribution in [0.5, 0.6) is 0 Å². The molecule has 1 aliphatic heterocycles. The number of nitrogens with zero attached hydrogens (tertiary/aromatic N) is 1. The average Bonchev–Trinajstić information content (AvgIpc) is 3.51. The number of nitrogens with two attached hydrogens (primary N) is 7. The van der Waals surface area contributed by atoms with Crippen molar-refractivity contribution >= 4 is 47.7 Å². The summed E-state index contributed by atoms with van der Waals surface area (Å²) in [5.41, 5.74) is 34.2. The molecule has 5 atom stereocenters. The van der Waals surface area contributed by atoms with Gasteiger partial charge in [0.2, 0.25) is 0 Å². The van der Waals surface area contributed by atoms with Crippen molar-refractivity contribution in [1.29, 1.82) is 0 Å². The minimum atomic E-state index is -1.29. The van der Waals surface area contributed by atoms with Crippen LogP contribution in [0.15, 0.2) is 4.99 Å². The molecular weight excluding hydrogens is 642 g/mol. The first-order valence-corrected chi connectivity index (χ1v) is 13.2. The van der Waals surface area contributed by atoms with Crippen molar-refractivity contribution in [2.24, 2.45) is 45.1 Å². The standard InChI is InChI=1S/C6H14N4O2.C5H9NO2.C4H7NO4.C4H9NO3.2C2H5NO2/c7-4(5(11)12)2-1-3-10-6(8)9;7-5(8)4-2-1-3-6-4;5-2(4(8)9)1-3(6)7;1-2(6)3(5)4(7)8;2*3-1-2(4)5/h4H,1-3,7H2,(H,11,12)(H4,8,9,10);4,6H,1-3H2,(H,7,8);2H,1,5H2,(H,6,7)(H,8,9);2-3,6H,5H2,1H3,(H,7,8);2*1,3H2,(H,4,5)/t2*4-;2-;2-,3+;;/m0001../s1. The van der Waals surface area contributed by atoms with E-state index in [-0.39, 0.29) is 25.1 Å². The van der Waals surface area contributed by atoms with Crippen molar-refractivity contribution in [3.63, 3.8) is 0 Å². The largest absolute Gasteiger partial charge is 0.481 e. The highest BCUT2D eigenvalue weighted by Gasteiger charge is 2.20. The summed E-state index contributed by atoms with van der Waals surface area (Å²) < 4.78 is 0. The molecule has 1 fully saturated rings. The Balaban J connectivity index is -0.000000154. The zero-order valence-corrected chi connectivity index (χ0v) is 25.7. The van der Waals surface area contributed by atoms with Gasteiger partial charge >= 0.3 is 41.8 Å². The number of carboxylic acids is 7. The molecule has 276 valence electrons. The number of carbonyl (C=O) groups is 7. The van der Waals surface area contributed by atoms with Crippen LogP contribution in [0.1, 0.15) is 39.0 Å². The number of aliphatic carboxylic acids is 7. The Hall–Kier alpha value is -4.72. The molecule has 0 bridgehead atoms. The van der Waals surface area contributed by atoms with Gasteiger partial charge in [-0.25, -0.2) is 0 Å². The molecule has 0 aromatic carbocycles. The zero-order chi connectivity index (χ0) is 38.3. The third kappa shape index (κ3) is 45.8. The molecule has 0 spiro atoms. The van der Waals surface area contributed by atoms with Crippen molar-refractivity contribution in [3.8, 4) is 0 Å². The fourth-order valence-corrected chi connectivity index (χ4v) is 2.02. The van der Waals surface area contributed by atoms with Crippen molar-refractivity contribution < 1.29 is 74.4 Å². The summed E-state index contributed by atoms with van der Waals surface area (Å²) in [5.74, 6) is -7.32. The molecule has 24 nitrogen and oxygen atoms in total. The summed E-state index contributed by atoms with van der Waals surface area (Å²) in [7, 11) is 0. The van der Waals surface area contributed by atoms with Crippen LogP contribution in [0, 0.1) is 0 Å². The van der Waals surface area contributed by atoms with Crippen LogP contribution < -0.4 is 45.5 Å². The van der Waals surface area contributed by atoms with Crippen molar-refractivity contribution in [3.05, 3.63) is 0 Å². The Morgan fingerprint density at radius 3 is 1.36 bits per heavy atom. The molecule has 1 saturated heterocycles. The Bertz CT molecular complexity index is 932. The van der Waals surface area contributed by atoms with Gasteiger partial charge in [-0.1, -0.05) is 0 Å². The maximum Gasteiger partial charge on any atom is 0.323 e. The van der Waals surface area contributed by atoms with Crippen LogP contribution in [0.3, 0.4) is 0 Å². The first kappa shape index (κ1) is 51.8. The van der Waals surface area contributed by atoms with Gasteiger partial charge in [0.1, 0.15) is 24.2 Å². The summed E-state index contributed by atoms with van der Waals surface area (Å²) in [6.45, 7) is 2.05. The van der Waals surface area contributed by atoms with E-state index < -0.39 is 72.4 Å². The number of guanidine groups is 1. The normalized spacial score (nSPS) is 14.8. The molecule has 47 heavy (non-hydrogen) atoms. The van der Waals surface area contributed by atoms with E-state index in [0.717, 1.165) is 19.4 Å². The van der Waals surface area contributed by atoms with Crippen LogP contribution in [-0.4, -0.2) is 145 Å². The van der Waals surface area contributed by atoms with Gasteiger partial charge in [-0.05, 0) is 39.2 Å². The third-order valence-electron chi connectivity index (χ3n) is 4.51. The predicted octanol–water partition coefficient (Wildman–Crippen LogP) is -6.01. The van der Waals surface area contributed by atoms with E-state index >= 15 is 0 Å². The highest BCUT2D eigenvalue weighted by atomic mass is 16.4. The molecule has 1 rings (SSSR count).